The summed E-state index contributed by atoms with van der Waals surface area (Å²) in [6.07, 6.45) is 14.9. The van der Waals surface area contributed by atoms with Crippen LogP contribution >= 0.6 is 0 Å². The second-order valence-corrected chi connectivity index (χ2v) is 22.4. The summed E-state index contributed by atoms with van der Waals surface area (Å²) < 4.78 is 58.0. The number of amides is 4. The molecule has 17 nitrogen and oxygen atoms in total. The molecule has 0 aliphatic carbocycles. The van der Waals surface area contributed by atoms with Gasteiger partial charge in [0.1, 0.15) is 42.1 Å². The van der Waals surface area contributed by atoms with E-state index in [1.54, 1.807) is 28.0 Å². The molecule has 6 fully saturated rings. The molecule has 4 atom stereocenters. The lowest BCUT2D eigenvalue weighted by Crippen LogP contribution is -2.52. The first-order valence-corrected chi connectivity index (χ1v) is 27.9. The predicted molar refractivity (Wildman–Crippen MR) is 285 cm³/mol. The topological polar surface area (TPSA) is 172 Å². The number of likely N-dealkylation sites (tertiary alicyclic amines) is 1. The number of hydrogen-bond donors (Lipinski definition) is 1. The van der Waals surface area contributed by atoms with Crippen LogP contribution in [0.2, 0.25) is 0 Å². The van der Waals surface area contributed by atoms with E-state index in [0.29, 0.717) is 97.5 Å². The van der Waals surface area contributed by atoms with Crippen LogP contribution < -0.4 is 19.9 Å². The van der Waals surface area contributed by atoms with Crippen molar-refractivity contribution in [3.05, 3.63) is 82.5 Å². The molecular weight excluding hydrogens is 1000 g/mol. The maximum absolute atomic E-state index is 17.4. The quantitative estimate of drug-likeness (QED) is 0.111. The Balaban J connectivity index is 0.628. The van der Waals surface area contributed by atoms with E-state index in [9.17, 15) is 19.2 Å². The molecule has 1 unspecified atom stereocenters. The van der Waals surface area contributed by atoms with Gasteiger partial charge in [-0.25, -0.2) is 18.6 Å². The van der Waals surface area contributed by atoms with Crippen molar-refractivity contribution in [2.24, 2.45) is 0 Å². The fourth-order valence-electron chi connectivity index (χ4n) is 13.9. The lowest BCUT2D eigenvalue weighted by molar-refractivity contribution is -0.136. The van der Waals surface area contributed by atoms with Crippen molar-refractivity contribution in [1.82, 2.24) is 35.0 Å². The number of aromatic nitrogens is 3. The minimum Gasteiger partial charge on any atom is -0.461 e. The Labute approximate surface area is 450 Å². The summed E-state index contributed by atoms with van der Waals surface area (Å²) in [7, 11) is 0. The van der Waals surface area contributed by atoms with Crippen LogP contribution in [0.4, 0.5) is 25.1 Å². The molecule has 0 bridgehead atoms. The van der Waals surface area contributed by atoms with E-state index in [1.165, 1.54) is 6.07 Å². The van der Waals surface area contributed by atoms with Gasteiger partial charge in [-0.15, -0.1) is 6.42 Å². The summed E-state index contributed by atoms with van der Waals surface area (Å²) in [5.74, 6) is 0.968. The van der Waals surface area contributed by atoms with E-state index in [0.717, 1.165) is 88.7 Å². The zero-order valence-corrected chi connectivity index (χ0v) is 43.7. The van der Waals surface area contributed by atoms with Crippen LogP contribution in [0.15, 0.2) is 48.5 Å². The molecule has 406 valence electrons. The molecule has 6 saturated heterocycles. The summed E-state index contributed by atoms with van der Waals surface area (Å²) in [6, 6.07) is 13.7. The van der Waals surface area contributed by atoms with Gasteiger partial charge in [0.25, 0.3) is 5.91 Å². The van der Waals surface area contributed by atoms with Crippen molar-refractivity contribution >= 4 is 57.0 Å². The van der Waals surface area contributed by atoms with Crippen molar-refractivity contribution in [2.45, 2.75) is 126 Å². The third kappa shape index (κ3) is 9.12. The monoisotopic (exact) mass is 1060 g/mol. The van der Waals surface area contributed by atoms with Gasteiger partial charge in [0.05, 0.1) is 47.0 Å². The molecule has 78 heavy (non-hydrogen) atoms. The summed E-state index contributed by atoms with van der Waals surface area (Å²) in [6.45, 7) is 6.20. The number of nitrogens with one attached hydrogen (secondary N) is 1. The number of nitrogens with zero attached hydrogens (tertiary/aromatic N) is 8. The predicted octanol–water partition coefficient (Wildman–Crippen LogP) is 7.07. The van der Waals surface area contributed by atoms with Crippen molar-refractivity contribution in [3.63, 3.8) is 0 Å². The van der Waals surface area contributed by atoms with Crippen molar-refractivity contribution in [1.29, 1.82) is 0 Å². The number of fused-ring (bicyclic) bond motifs is 5. The first-order valence-electron chi connectivity index (χ1n) is 27.9. The average Bonchev–Trinajstić information content (AvgIpc) is 4.20. The smallest absolute Gasteiger partial charge is 0.409 e. The highest BCUT2D eigenvalue weighted by atomic mass is 19.1. The average molecular weight is 1060 g/mol. The third-order valence-corrected chi connectivity index (χ3v) is 17.9. The third-order valence-electron chi connectivity index (χ3n) is 17.9. The lowest BCUT2D eigenvalue weighted by Gasteiger charge is -2.38. The fraction of sp³-hybridized carbons (Fsp3) is 0.508. The highest BCUT2D eigenvalue weighted by Gasteiger charge is 2.50. The first kappa shape index (κ1) is 50.5. The SMILES string of the molecule is C#Cc1c(F)ccc2cccc(-c3nc4c5c(nc(OC[C@@]67CCCN6[C@H](COC(=O)N6CCC(OC8CCN(c9ccc%10c(c9)C(=O)N(C9CCC(=O)NC9=O)C%10)CC8)CC6)CC7)nc5c3F)N3CCCOC[C@@H]3CC4)c12. The number of carbonyl (C=O) groups is 4. The minimum absolute atomic E-state index is 0.0137. The molecule has 0 saturated carbocycles. The molecule has 2 aromatic heterocycles. The van der Waals surface area contributed by atoms with Crippen molar-refractivity contribution < 1.29 is 46.9 Å². The second-order valence-electron chi connectivity index (χ2n) is 22.4. The van der Waals surface area contributed by atoms with Crippen LogP contribution in [-0.4, -0.2) is 155 Å². The van der Waals surface area contributed by atoms with E-state index in [1.807, 2.05) is 24.3 Å². The molecule has 8 aliphatic rings. The number of rotatable bonds is 10. The molecule has 0 radical (unpaired) electrons. The van der Waals surface area contributed by atoms with Crippen LogP contribution in [0.3, 0.4) is 0 Å². The second kappa shape index (κ2) is 20.7. The lowest BCUT2D eigenvalue weighted by atomic mass is 9.95. The van der Waals surface area contributed by atoms with E-state index in [-0.39, 0.29) is 90.2 Å². The molecule has 0 spiro atoms. The highest BCUT2D eigenvalue weighted by molar-refractivity contribution is 6.06. The maximum atomic E-state index is 17.4. The Morgan fingerprint density at radius 3 is 2.50 bits per heavy atom. The largest absolute Gasteiger partial charge is 0.461 e. The Hall–Kier alpha value is -7.01. The standard InChI is InChI=1S/C59H63F2N9O8/c1-2-42-45(60)12-9-35-6-3-7-43(49(35)42)52-51(61)53-50-46(62-52)13-11-38-32-75-29-5-23-68(38)54(50)65-57(64-53)77-34-59-21-4-24-70(59)39(16-22-59)33-76-58(74)67-27-19-41(20-28-67)78-40-17-25-66(26-18-40)37-10-8-36-31-69(56(73)44(36)30-37)47-14-15-48(71)63-55(47)72/h1,3,6-10,12,30,38-41,47H,4-5,11,13-29,31-34H2,(H,63,71,72)/t38-,39-,47?,59-/m0/s1. The molecule has 4 amide bonds. The van der Waals surface area contributed by atoms with E-state index < -0.39 is 23.6 Å². The maximum Gasteiger partial charge on any atom is 0.409 e. The zero-order valence-electron chi connectivity index (χ0n) is 43.7. The van der Waals surface area contributed by atoms with Crippen LogP contribution in [-0.2, 0) is 36.8 Å². The molecule has 10 heterocycles. The van der Waals surface area contributed by atoms with Gasteiger partial charge in [0.2, 0.25) is 11.8 Å². The van der Waals surface area contributed by atoms with Crippen molar-refractivity contribution in [3.8, 4) is 29.6 Å². The number of carbonyl (C=O) groups excluding carboxylic acids is 4. The number of benzene rings is 3. The summed E-state index contributed by atoms with van der Waals surface area (Å²) in [5, 5.41) is 4.01. The Morgan fingerprint density at radius 1 is 0.846 bits per heavy atom. The minimum atomic E-state index is -0.652. The van der Waals surface area contributed by atoms with Crippen LogP contribution in [0.5, 0.6) is 6.01 Å². The summed E-state index contributed by atoms with van der Waals surface area (Å²) >= 11 is 0. The number of terminal acetylenes is 1. The zero-order chi connectivity index (χ0) is 53.2. The number of imide groups is 1. The fourth-order valence-corrected chi connectivity index (χ4v) is 13.9. The molecular formula is C59H63F2N9O8. The van der Waals surface area contributed by atoms with Gasteiger partial charge in [0, 0.05) is 80.5 Å². The summed E-state index contributed by atoms with van der Waals surface area (Å²) in [5.41, 5.74) is 3.38. The normalized spacial score (nSPS) is 24.9. The van der Waals surface area contributed by atoms with Gasteiger partial charge in [-0.05, 0) is 113 Å². The molecule has 5 aromatic rings. The van der Waals surface area contributed by atoms with Crippen molar-refractivity contribution in [2.75, 3.05) is 75.5 Å². The molecule has 13 rings (SSSR count). The Bertz CT molecular complexity index is 3280. The first-order chi connectivity index (χ1) is 38.0. The highest BCUT2D eigenvalue weighted by Crippen LogP contribution is 2.45. The number of aryl methyl sites for hydroxylation is 1. The molecule has 1 N–H and O–H groups in total. The van der Waals surface area contributed by atoms with Gasteiger partial charge in [-0.1, -0.05) is 36.3 Å². The van der Waals surface area contributed by atoms with Crippen LogP contribution in [0.1, 0.15) is 104 Å². The van der Waals surface area contributed by atoms with E-state index in [2.05, 4.69) is 25.9 Å². The number of piperidine rings is 3. The number of halogens is 2. The van der Waals surface area contributed by atoms with E-state index in [4.69, 9.17) is 40.3 Å². The number of pyridine rings is 1. The van der Waals surface area contributed by atoms with E-state index >= 15 is 8.78 Å². The number of ether oxygens (including phenoxy) is 4. The Morgan fingerprint density at radius 2 is 1.68 bits per heavy atom. The van der Waals surface area contributed by atoms with Gasteiger partial charge < -0.3 is 38.5 Å². The van der Waals surface area contributed by atoms with Crippen LogP contribution in [0.25, 0.3) is 32.9 Å². The van der Waals surface area contributed by atoms with Gasteiger partial charge >= 0.3 is 12.1 Å². The molecule has 8 aliphatic heterocycles. The van der Waals surface area contributed by atoms with Gasteiger partial charge in [-0.3, -0.25) is 24.6 Å². The van der Waals surface area contributed by atoms with Crippen LogP contribution in [0, 0.1) is 24.0 Å². The summed E-state index contributed by atoms with van der Waals surface area (Å²) in [4.78, 5) is 76.4. The number of hydrogen-bond acceptors (Lipinski definition) is 14. The molecule has 3 aromatic carbocycles. The van der Waals surface area contributed by atoms with Gasteiger partial charge in [0.15, 0.2) is 5.82 Å². The Kier molecular flexibility index (Phi) is 13.4. The molecule has 19 heteroatoms. The number of anilines is 2. The van der Waals surface area contributed by atoms with Gasteiger partial charge in [-0.2, -0.15) is 9.97 Å².